The molecule has 1 aromatic heterocycles. The van der Waals surface area contributed by atoms with E-state index in [9.17, 15) is 13.2 Å². The summed E-state index contributed by atoms with van der Waals surface area (Å²) in [5.74, 6) is -2.76. The number of carboxylic acids is 1. The van der Waals surface area contributed by atoms with E-state index in [-0.39, 0.29) is 0 Å². The highest BCUT2D eigenvalue weighted by molar-refractivity contribution is 6.30. The first-order chi connectivity index (χ1) is 15.2. The van der Waals surface area contributed by atoms with Gasteiger partial charge in [0, 0.05) is 43.8 Å². The number of fused-ring (bicyclic) bond motifs is 1. The van der Waals surface area contributed by atoms with Gasteiger partial charge in [0.15, 0.2) is 0 Å². The van der Waals surface area contributed by atoms with E-state index in [0.717, 1.165) is 48.8 Å². The fourth-order valence-corrected chi connectivity index (χ4v) is 3.76. The molecule has 1 atom stereocenters. The first-order valence-electron chi connectivity index (χ1n) is 10.0. The van der Waals surface area contributed by atoms with Crippen molar-refractivity contribution in [3.05, 3.63) is 58.6 Å². The number of nitrogens with one attached hydrogen (secondary N) is 1. The monoisotopic (exact) mass is 469 g/mol. The first kappa shape index (κ1) is 24.0. The van der Waals surface area contributed by atoms with Crippen molar-refractivity contribution in [3.63, 3.8) is 0 Å². The highest BCUT2D eigenvalue weighted by Gasteiger charge is 2.38. The van der Waals surface area contributed by atoms with Crippen LogP contribution >= 0.6 is 11.6 Å². The number of hydrogen-bond donors (Lipinski definition) is 2. The van der Waals surface area contributed by atoms with Crippen molar-refractivity contribution < 1.29 is 23.1 Å². The topological polar surface area (TPSA) is 83.3 Å². The van der Waals surface area contributed by atoms with Crippen molar-refractivity contribution >= 4 is 28.6 Å². The Balaban J connectivity index is 0.000000360. The zero-order valence-electron chi connectivity index (χ0n) is 17.3. The number of benzene rings is 2. The summed E-state index contributed by atoms with van der Waals surface area (Å²) >= 11 is 6.20. The molecule has 1 saturated heterocycles. The van der Waals surface area contributed by atoms with Crippen molar-refractivity contribution in [1.82, 2.24) is 25.2 Å². The summed E-state index contributed by atoms with van der Waals surface area (Å²) < 4.78 is 33.7. The van der Waals surface area contributed by atoms with Gasteiger partial charge in [0.25, 0.3) is 0 Å². The lowest BCUT2D eigenvalue weighted by atomic mass is 10.0. The standard InChI is InChI=1S/C19H22ClN5.C2HF3O2/c1-2-25-18-7-6-14(10-17(18)22-23-25)13-24-9-8-21-12-19(24)15-4-3-5-16(20)11-15;3-2(4,5)1(6)7/h3-7,10-11,19,21H,2,8-9,12-13H2,1H3;(H,6,7). The predicted molar refractivity (Wildman–Crippen MR) is 114 cm³/mol. The molecule has 0 bridgehead atoms. The third-order valence-corrected chi connectivity index (χ3v) is 5.33. The molecular weight excluding hydrogens is 447 g/mol. The van der Waals surface area contributed by atoms with Crippen molar-refractivity contribution in [2.24, 2.45) is 0 Å². The van der Waals surface area contributed by atoms with Crippen LogP contribution in [0, 0.1) is 0 Å². The van der Waals surface area contributed by atoms with Gasteiger partial charge in [-0.05, 0) is 42.3 Å². The van der Waals surface area contributed by atoms with Gasteiger partial charge in [-0.15, -0.1) is 5.10 Å². The summed E-state index contributed by atoms with van der Waals surface area (Å²) in [6.07, 6.45) is -5.08. The third kappa shape index (κ3) is 5.96. The van der Waals surface area contributed by atoms with Gasteiger partial charge in [0.1, 0.15) is 5.52 Å². The van der Waals surface area contributed by atoms with Crippen molar-refractivity contribution in [2.45, 2.75) is 32.2 Å². The molecule has 2 aromatic carbocycles. The summed E-state index contributed by atoms with van der Waals surface area (Å²) in [6.45, 7) is 6.77. The maximum Gasteiger partial charge on any atom is 0.490 e. The first-order valence-corrected chi connectivity index (χ1v) is 10.4. The highest BCUT2D eigenvalue weighted by atomic mass is 35.5. The molecular formula is C21H23ClF3N5O2. The quantitative estimate of drug-likeness (QED) is 0.603. The lowest BCUT2D eigenvalue weighted by Gasteiger charge is -2.36. The fraction of sp³-hybridized carbons (Fsp3) is 0.381. The molecule has 172 valence electrons. The summed E-state index contributed by atoms with van der Waals surface area (Å²) in [5, 5.41) is 19.9. The number of nitrogens with zero attached hydrogens (tertiary/aromatic N) is 4. The Bertz CT molecular complexity index is 1070. The molecule has 7 nitrogen and oxygen atoms in total. The van der Waals surface area contributed by atoms with Crippen LogP contribution in [0.25, 0.3) is 11.0 Å². The molecule has 1 aliphatic rings. The molecule has 1 fully saturated rings. The highest BCUT2D eigenvalue weighted by Crippen LogP contribution is 2.27. The second-order valence-corrected chi connectivity index (χ2v) is 7.71. The van der Waals surface area contributed by atoms with Crippen LogP contribution < -0.4 is 5.32 Å². The number of rotatable bonds is 4. The smallest absolute Gasteiger partial charge is 0.475 e. The van der Waals surface area contributed by atoms with Crippen molar-refractivity contribution in [1.29, 1.82) is 0 Å². The lowest BCUT2D eigenvalue weighted by Crippen LogP contribution is -2.45. The fourth-order valence-electron chi connectivity index (χ4n) is 3.56. The number of piperazine rings is 1. The molecule has 32 heavy (non-hydrogen) atoms. The van der Waals surface area contributed by atoms with Crippen LogP contribution in [0.1, 0.15) is 24.1 Å². The minimum Gasteiger partial charge on any atom is -0.475 e. The summed E-state index contributed by atoms with van der Waals surface area (Å²) in [6, 6.07) is 15.0. The van der Waals surface area contributed by atoms with Gasteiger partial charge in [-0.25, -0.2) is 9.48 Å². The maximum absolute atomic E-state index is 10.6. The number of aryl methyl sites for hydroxylation is 1. The van der Waals surface area contributed by atoms with E-state index in [4.69, 9.17) is 21.5 Å². The Kier molecular flexibility index (Phi) is 7.70. The van der Waals surface area contributed by atoms with Gasteiger partial charge >= 0.3 is 12.1 Å². The largest absolute Gasteiger partial charge is 0.490 e. The summed E-state index contributed by atoms with van der Waals surface area (Å²) in [5.41, 5.74) is 4.59. The number of alkyl halides is 3. The SMILES string of the molecule is CCn1nnc2cc(CN3CCNCC3c3cccc(Cl)c3)ccc21.O=C(O)C(F)(F)F. The number of hydrogen-bond acceptors (Lipinski definition) is 5. The zero-order chi connectivity index (χ0) is 23.3. The van der Waals surface area contributed by atoms with Gasteiger partial charge in [0.05, 0.1) is 5.52 Å². The number of aliphatic carboxylic acids is 1. The number of halogens is 4. The maximum atomic E-state index is 10.6. The minimum absolute atomic E-state index is 0.328. The van der Waals surface area contributed by atoms with Crippen LogP contribution in [0.3, 0.4) is 0 Å². The molecule has 2 N–H and O–H groups in total. The summed E-state index contributed by atoms with van der Waals surface area (Å²) in [4.78, 5) is 11.4. The van der Waals surface area contributed by atoms with Gasteiger partial charge in [-0.2, -0.15) is 13.2 Å². The van der Waals surface area contributed by atoms with E-state index < -0.39 is 12.1 Å². The predicted octanol–water partition coefficient (Wildman–Crippen LogP) is 3.88. The number of carboxylic acid groups (broad SMARTS) is 1. The minimum atomic E-state index is -5.08. The second kappa shape index (κ2) is 10.3. The number of aromatic nitrogens is 3. The third-order valence-electron chi connectivity index (χ3n) is 5.09. The lowest BCUT2D eigenvalue weighted by molar-refractivity contribution is -0.192. The van der Waals surface area contributed by atoms with E-state index in [1.54, 1.807) is 0 Å². The molecule has 11 heteroatoms. The molecule has 1 unspecified atom stereocenters. The van der Waals surface area contributed by atoms with Crippen molar-refractivity contribution in [3.8, 4) is 0 Å². The molecule has 4 rings (SSSR count). The summed E-state index contributed by atoms with van der Waals surface area (Å²) in [7, 11) is 0. The Morgan fingerprint density at radius 3 is 2.69 bits per heavy atom. The Morgan fingerprint density at radius 2 is 2.03 bits per heavy atom. The molecule has 0 spiro atoms. The number of carbonyl (C=O) groups is 1. The molecule has 1 aliphatic heterocycles. The van der Waals surface area contributed by atoms with Crippen LogP contribution in [-0.4, -0.2) is 56.8 Å². The molecule has 2 heterocycles. The molecule has 0 saturated carbocycles. The zero-order valence-corrected chi connectivity index (χ0v) is 18.1. The Hall–Kier alpha value is -2.69. The Labute approximate surface area is 187 Å². The van der Waals surface area contributed by atoms with Gasteiger partial charge in [0.2, 0.25) is 0 Å². The second-order valence-electron chi connectivity index (χ2n) is 7.28. The van der Waals surface area contributed by atoms with Gasteiger partial charge in [-0.1, -0.05) is 35.0 Å². The van der Waals surface area contributed by atoms with Crippen LogP contribution in [-0.2, 0) is 17.9 Å². The van der Waals surface area contributed by atoms with Crippen LogP contribution in [0.5, 0.6) is 0 Å². The van der Waals surface area contributed by atoms with E-state index in [1.165, 1.54) is 11.1 Å². The van der Waals surface area contributed by atoms with Crippen LogP contribution in [0.4, 0.5) is 13.2 Å². The van der Waals surface area contributed by atoms with E-state index in [2.05, 4.69) is 57.8 Å². The molecule has 3 aromatic rings. The van der Waals surface area contributed by atoms with Crippen LogP contribution in [0.2, 0.25) is 5.02 Å². The molecule has 0 aliphatic carbocycles. The molecule has 0 radical (unpaired) electrons. The van der Waals surface area contributed by atoms with E-state index in [0.29, 0.717) is 6.04 Å². The average molecular weight is 470 g/mol. The normalized spacial score (nSPS) is 17.1. The average Bonchev–Trinajstić information content (AvgIpc) is 3.16. The van der Waals surface area contributed by atoms with E-state index in [1.807, 2.05) is 16.8 Å². The van der Waals surface area contributed by atoms with Crippen LogP contribution in [0.15, 0.2) is 42.5 Å². The van der Waals surface area contributed by atoms with Gasteiger partial charge < -0.3 is 10.4 Å². The molecule has 0 amide bonds. The Morgan fingerprint density at radius 1 is 1.28 bits per heavy atom. The van der Waals surface area contributed by atoms with E-state index >= 15 is 0 Å². The van der Waals surface area contributed by atoms with Crippen molar-refractivity contribution in [2.75, 3.05) is 19.6 Å². The van der Waals surface area contributed by atoms with Gasteiger partial charge in [-0.3, -0.25) is 4.90 Å².